The zero-order chi connectivity index (χ0) is 14.7. The fourth-order valence-electron chi connectivity index (χ4n) is 1.78. The van der Waals surface area contributed by atoms with E-state index in [1.54, 1.807) is 35.3 Å². The van der Waals surface area contributed by atoms with E-state index in [9.17, 15) is 9.59 Å². The van der Waals surface area contributed by atoms with Crippen molar-refractivity contribution in [2.45, 2.75) is 0 Å². The Morgan fingerprint density at radius 3 is 2.76 bits per heavy atom. The first-order chi connectivity index (χ1) is 10.2. The third-order valence-corrected chi connectivity index (χ3v) is 2.76. The highest BCUT2D eigenvalue weighted by Gasteiger charge is 2.07. The predicted octanol–water partition coefficient (Wildman–Crippen LogP) is 1.21. The average Bonchev–Trinajstić information content (AvgIpc) is 3.02. The highest BCUT2D eigenvalue weighted by atomic mass is 16.2. The van der Waals surface area contributed by atoms with Gasteiger partial charge >= 0.3 is 0 Å². The number of nitrogens with one attached hydrogen (secondary N) is 2. The highest BCUT2D eigenvalue weighted by molar-refractivity contribution is 6.02. The molecule has 0 saturated carbocycles. The summed E-state index contributed by atoms with van der Waals surface area (Å²) in [6, 6.07) is 9.63. The molecule has 3 rings (SSSR count). The molecule has 0 atom stereocenters. The molecule has 3 heterocycles. The van der Waals surface area contributed by atoms with Gasteiger partial charge in [0.1, 0.15) is 5.69 Å². The first-order valence-electron chi connectivity index (χ1n) is 6.19. The molecule has 104 valence electrons. The largest absolute Gasteiger partial charge is 0.319 e. The van der Waals surface area contributed by atoms with E-state index < -0.39 is 5.91 Å². The van der Waals surface area contributed by atoms with Gasteiger partial charge in [0.05, 0.1) is 11.9 Å². The molecule has 2 N–H and O–H groups in total. The quantitative estimate of drug-likeness (QED) is 0.754. The number of carbonyl (C=O) groups is 1. The van der Waals surface area contributed by atoms with E-state index in [0.717, 1.165) is 0 Å². The lowest BCUT2D eigenvalue weighted by molar-refractivity contribution is 0.102. The first-order valence-corrected chi connectivity index (χ1v) is 6.19. The Bertz CT molecular complexity index is 806. The molecule has 0 spiro atoms. The molecule has 3 aromatic rings. The van der Waals surface area contributed by atoms with Crippen LogP contribution in [0.25, 0.3) is 5.82 Å². The van der Waals surface area contributed by atoms with Gasteiger partial charge in [-0.25, -0.2) is 9.67 Å². The van der Waals surface area contributed by atoms with Gasteiger partial charge in [-0.05, 0) is 24.3 Å². The number of aromatic amines is 1. The van der Waals surface area contributed by atoms with Crippen LogP contribution >= 0.6 is 0 Å². The van der Waals surface area contributed by atoms with E-state index >= 15 is 0 Å². The highest BCUT2D eigenvalue weighted by Crippen LogP contribution is 2.09. The maximum absolute atomic E-state index is 12.0. The van der Waals surface area contributed by atoms with Gasteiger partial charge in [-0.15, -0.1) is 0 Å². The van der Waals surface area contributed by atoms with Gasteiger partial charge in [-0.3, -0.25) is 9.59 Å². The second-order valence-corrected chi connectivity index (χ2v) is 4.24. The van der Waals surface area contributed by atoms with E-state index in [2.05, 4.69) is 20.4 Å². The van der Waals surface area contributed by atoms with E-state index in [4.69, 9.17) is 0 Å². The molecule has 0 radical (unpaired) electrons. The van der Waals surface area contributed by atoms with Crippen LogP contribution in [0.15, 0.2) is 59.8 Å². The monoisotopic (exact) mass is 281 g/mol. The van der Waals surface area contributed by atoms with Gasteiger partial charge in [-0.1, -0.05) is 6.07 Å². The molecule has 21 heavy (non-hydrogen) atoms. The molecule has 0 unspecified atom stereocenters. The lowest BCUT2D eigenvalue weighted by Crippen LogP contribution is -2.18. The number of H-pyrrole nitrogens is 1. The average molecular weight is 281 g/mol. The van der Waals surface area contributed by atoms with E-state index in [1.165, 1.54) is 24.4 Å². The van der Waals surface area contributed by atoms with Crippen LogP contribution in [0.1, 0.15) is 10.5 Å². The maximum Gasteiger partial charge on any atom is 0.272 e. The van der Waals surface area contributed by atoms with Crippen LogP contribution in [0.5, 0.6) is 0 Å². The number of aromatic nitrogens is 4. The van der Waals surface area contributed by atoms with Crippen molar-refractivity contribution in [1.29, 1.82) is 0 Å². The van der Waals surface area contributed by atoms with Crippen molar-refractivity contribution in [3.8, 4) is 5.82 Å². The minimum atomic E-state index is -0.402. The fourth-order valence-corrected chi connectivity index (χ4v) is 1.78. The Hall–Kier alpha value is -3.22. The maximum atomic E-state index is 12.0. The van der Waals surface area contributed by atoms with Gasteiger partial charge in [0.25, 0.3) is 5.91 Å². The number of nitrogens with zero attached hydrogens (tertiary/aromatic N) is 3. The zero-order valence-electron chi connectivity index (χ0n) is 10.9. The minimum Gasteiger partial charge on any atom is -0.319 e. The number of amides is 1. The molecule has 0 saturated heterocycles. The lowest BCUT2D eigenvalue weighted by Gasteiger charge is -2.05. The summed E-state index contributed by atoms with van der Waals surface area (Å²) in [7, 11) is 0. The van der Waals surface area contributed by atoms with Crippen LogP contribution in [0.4, 0.5) is 5.69 Å². The molecule has 1 amide bonds. The fraction of sp³-hybridized carbons (Fsp3) is 0. The number of hydrogen-bond donors (Lipinski definition) is 2. The Labute approximate surface area is 119 Å². The predicted molar refractivity (Wildman–Crippen MR) is 76.4 cm³/mol. The SMILES string of the molecule is O=C(Nc1ccc(-n2cccn2)nc1)c1cccc(=O)[nH]1. The Balaban J connectivity index is 1.76. The van der Waals surface area contributed by atoms with Crippen LogP contribution < -0.4 is 10.9 Å². The number of carbonyl (C=O) groups excluding carboxylic acids is 1. The molecule has 0 aliphatic heterocycles. The molecule has 0 aromatic carbocycles. The summed E-state index contributed by atoms with van der Waals surface area (Å²) in [5.41, 5.74) is 0.397. The van der Waals surface area contributed by atoms with Crippen LogP contribution in [0.2, 0.25) is 0 Å². The third kappa shape index (κ3) is 2.86. The molecule has 7 nitrogen and oxygen atoms in total. The van der Waals surface area contributed by atoms with Crippen molar-refractivity contribution >= 4 is 11.6 Å². The summed E-state index contributed by atoms with van der Waals surface area (Å²) in [4.78, 5) is 29.8. The van der Waals surface area contributed by atoms with Crippen molar-refractivity contribution in [3.05, 3.63) is 71.0 Å². The summed E-state index contributed by atoms with van der Waals surface area (Å²) in [6.45, 7) is 0. The molecule has 0 fully saturated rings. The van der Waals surface area contributed by atoms with Gasteiger partial charge in [0.2, 0.25) is 5.56 Å². The summed E-state index contributed by atoms with van der Waals surface area (Å²) >= 11 is 0. The van der Waals surface area contributed by atoms with Crippen LogP contribution in [0.3, 0.4) is 0 Å². The smallest absolute Gasteiger partial charge is 0.272 e. The Kier molecular flexibility index (Phi) is 3.30. The van der Waals surface area contributed by atoms with Crippen molar-refractivity contribution in [2.75, 3.05) is 5.32 Å². The van der Waals surface area contributed by atoms with E-state index in [0.29, 0.717) is 11.5 Å². The number of rotatable bonds is 3. The van der Waals surface area contributed by atoms with Gasteiger partial charge < -0.3 is 10.3 Å². The number of hydrogen-bond acceptors (Lipinski definition) is 4. The molecule has 0 aliphatic rings. The van der Waals surface area contributed by atoms with E-state index in [-0.39, 0.29) is 11.3 Å². The second-order valence-electron chi connectivity index (χ2n) is 4.24. The number of anilines is 1. The molecule has 0 aliphatic carbocycles. The normalized spacial score (nSPS) is 10.3. The van der Waals surface area contributed by atoms with Crippen molar-refractivity contribution in [2.24, 2.45) is 0 Å². The van der Waals surface area contributed by atoms with Crippen LogP contribution in [-0.2, 0) is 0 Å². The molecular formula is C14H11N5O2. The second kappa shape index (κ2) is 5.41. The molecule has 0 bridgehead atoms. The minimum absolute atomic E-state index is 0.193. The lowest BCUT2D eigenvalue weighted by atomic mass is 10.3. The van der Waals surface area contributed by atoms with Gasteiger partial charge in [0, 0.05) is 18.5 Å². The standard InChI is InChI=1S/C14H11N5O2/c20-13-4-1-3-11(18-13)14(21)17-10-5-6-12(15-9-10)19-8-2-7-16-19/h1-9H,(H,17,21)(H,18,20). The third-order valence-electron chi connectivity index (χ3n) is 2.76. The first kappa shape index (κ1) is 12.8. The Morgan fingerprint density at radius 2 is 2.10 bits per heavy atom. The Morgan fingerprint density at radius 1 is 1.19 bits per heavy atom. The summed E-state index contributed by atoms with van der Waals surface area (Å²) in [6.07, 6.45) is 4.95. The molecule has 7 heteroatoms. The van der Waals surface area contributed by atoms with Crippen LogP contribution in [0, 0.1) is 0 Å². The van der Waals surface area contributed by atoms with Crippen molar-refractivity contribution < 1.29 is 4.79 Å². The van der Waals surface area contributed by atoms with Crippen LogP contribution in [-0.4, -0.2) is 25.7 Å². The van der Waals surface area contributed by atoms with Crippen molar-refractivity contribution in [3.63, 3.8) is 0 Å². The molecular weight excluding hydrogens is 270 g/mol. The summed E-state index contributed by atoms with van der Waals surface area (Å²) in [5.74, 6) is 0.243. The molecule has 3 aromatic heterocycles. The number of pyridine rings is 2. The van der Waals surface area contributed by atoms with Gasteiger partial charge in [0.15, 0.2) is 5.82 Å². The summed E-state index contributed by atoms with van der Waals surface area (Å²) in [5, 5.41) is 6.72. The van der Waals surface area contributed by atoms with E-state index in [1.807, 2.05) is 0 Å². The topological polar surface area (TPSA) is 92.7 Å². The summed E-state index contributed by atoms with van der Waals surface area (Å²) < 4.78 is 1.61. The van der Waals surface area contributed by atoms with Crippen molar-refractivity contribution in [1.82, 2.24) is 19.7 Å². The zero-order valence-corrected chi connectivity index (χ0v) is 10.9. The van der Waals surface area contributed by atoms with Gasteiger partial charge in [-0.2, -0.15) is 5.10 Å².